The molecule has 0 aromatic carbocycles. The highest BCUT2D eigenvalue weighted by Gasteiger charge is 2.38. The van der Waals surface area contributed by atoms with E-state index in [4.69, 9.17) is 0 Å². The molecule has 1 nitrogen and oxygen atoms in total. The maximum Gasteiger partial charge on any atom is 0.00979 e. The van der Waals surface area contributed by atoms with Crippen molar-refractivity contribution in [3.8, 4) is 0 Å². The standard InChI is InChI=1S/C14H29N/c1-6-11-10(5)12(7-2)14(9-4)15-13(11)8-3/h10-15H,6-9H2,1-5H3. The number of hydrogen-bond donors (Lipinski definition) is 1. The molecule has 0 radical (unpaired) electrons. The molecular formula is C14H29N. The van der Waals surface area contributed by atoms with E-state index >= 15 is 0 Å². The van der Waals surface area contributed by atoms with Crippen molar-refractivity contribution in [3.05, 3.63) is 0 Å². The summed E-state index contributed by atoms with van der Waals surface area (Å²) in [5.74, 6) is 2.68. The molecule has 15 heavy (non-hydrogen) atoms. The van der Waals surface area contributed by atoms with E-state index < -0.39 is 0 Å². The maximum absolute atomic E-state index is 3.89. The second-order valence-electron chi connectivity index (χ2n) is 5.20. The molecule has 1 heterocycles. The van der Waals surface area contributed by atoms with Crippen LogP contribution in [0.25, 0.3) is 0 Å². The van der Waals surface area contributed by atoms with Crippen LogP contribution in [-0.4, -0.2) is 12.1 Å². The predicted octanol–water partition coefficient (Wildman–Crippen LogP) is 3.84. The van der Waals surface area contributed by atoms with E-state index in [0.29, 0.717) is 0 Å². The quantitative estimate of drug-likeness (QED) is 0.745. The molecule has 0 aromatic heterocycles. The minimum Gasteiger partial charge on any atom is -0.311 e. The Bertz CT molecular complexity index is 160. The molecule has 4 atom stereocenters. The van der Waals surface area contributed by atoms with Crippen molar-refractivity contribution in [1.82, 2.24) is 5.32 Å². The highest BCUT2D eigenvalue weighted by Crippen LogP contribution is 2.37. The zero-order valence-corrected chi connectivity index (χ0v) is 11.2. The fourth-order valence-corrected chi connectivity index (χ4v) is 3.73. The molecule has 0 amide bonds. The summed E-state index contributed by atoms with van der Waals surface area (Å²) in [4.78, 5) is 0. The highest BCUT2D eigenvalue weighted by atomic mass is 15.0. The van der Waals surface area contributed by atoms with Crippen molar-refractivity contribution in [2.75, 3.05) is 0 Å². The third-order valence-corrected chi connectivity index (χ3v) is 4.63. The average Bonchev–Trinajstić information content (AvgIpc) is 2.27. The summed E-state index contributed by atoms with van der Waals surface area (Å²) in [6.45, 7) is 11.8. The van der Waals surface area contributed by atoms with Gasteiger partial charge in [0.25, 0.3) is 0 Å². The van der Waals surface area contributed by atoms with Crippen LogP contribution in [0.2, 0.25) is 0 Å². The van der Waals surface area contributed by atoms with Crippen LogP contribution in [0.5, 0.6) is 0 Å². The van der Waals surface area contributed by atoms with Crippen molar-refractivity contribution in [2.45, 2.75) is 72.4 Å². The minimum atomic E-state index is 0.762. The lowest BCUT2D eigenvalue weighted by molar-refractivity contribution is 0.0783. The smallest absolute Gasteiger partial charge is 0.00979 e. The number of hydrogen-bond acceptors (Lipinski definition) is 1. The molecule has 1 fully saturated rings. The van der Waals surface area contributed by atoms with Gasteiger partial charge in [0.15, 0.2) is 0 Å². The van der Waals surface area contributed by atoms with Gasteiger partial charge in [-0.15, -0.1) is 0 Å². The van der Waals surface area contributed by atoms with Gasteiger partial charge in [-0.25, -0.2) is 0 Å². The fourth-order valence-electron chi connectivity index (χ4n) is 3.73. The van der Waals surface area contributed by atoms with Gasteiger partial charge in [0, 0.05) is 12.1 Å². The Hall–Kier alpha value is -0.0400. The van der Waals surface area contributed by atoms with Crippen LogP contribution in [0.4, 0.5) is 0 Å². The average molecular weight is 211 g/mol. The molecule has 0 saturated carbocycles. The van der Waals surface area contributed by atoms with Gasteiger partial charge in [0.2, 0.25) is 0 Å². The summed E-state index contributed by atoms with van der Waals surface area (Å²) in [6.07, 6.45) is 5.24. The minimum absolute atomic E-state index is 0.762. The maximum atomic E-state index is 3.89. The largest absolute Gasteiger partial charge is 0.311 e. The van der Waals surface area contributed by atoms with Crippen LogP contribution in [0.1, 0.15) is 60.3 Å². The van der Waals surface area contributed by atoms with Gasteiger partial charge in [-0.2, -0.15) is 0 Å². The monoisotopic (exact) mass is 211 g/mol. The third kappa shape index (κ3) is 2.55. The van der Waals surface area contributed by atoms with Gasteiger partial charge < -0.3 is 5.32 Å². The summed E-state index contributed by atoms with van der Waals surface area (Å²) in [5, 5.41) is 3.89. The zero-order chi connectivity index (χ0) is 11.4. The van der Waals surface area contributed by atoms with Crippen LogP contribution in [0, 0.1) is 17.8 Å². The summed E-state index contributed by atoms with van der Waals surface area (Å²) in [7, 11) is 0. The summed E-state index contributed by atoms with van der Waals surface area (Å²) < 4.78 is 0. The van der Waals surface area contributed by atoms with Gasteiger partial charge >= 0.3 is 0 Å². The lowest BCUT2D eigenvalue weighted by Gasteiger charge is -2.47. The second kappa shape index (κ2) is 5.89. The van der Waals surface area contributed by atoms with E-state index in [2.05, 4.69) is 39.9 Å². The predicted molar refractivity (Wildman–Crippen MR) is 68.0 cm³/mol. The first-order valence-electron chi connectivity index (χ1n) is 6.95. The Labute approximate surface area is 96.0 Å². The fraction of sp³-hybridized carbons (Fsp3) is 1.00. The number of nitrogens with one attached hydrogen (secondary N) is 1. The van der Waals surface area contributed by atoms with Gasteiger partial charge in [0.1, 0.15) is 0 Å². The van der Waals surface area contributed by atoms with Crippen LogP contribution in [0.3, 0.4) is 0 Å². The van der Waals surface area contributed by atoms with E-state index in [0.717, 1.165) is 29.8 Å². The summed E-state index contributed by atoms with van der Waals surface area (Å²) >= 11 is 0. The SMILES string of the molecule is CCC1NC(CC)C(CC)C(C)C1CC. The molecule has 1 aliphatic rings. The molecule has 0 aliphatic carbocycles. The van der Waals surface area contributed by atoms with Gasteiger partial charge in [0.05, 0.1) is 0 Å². The van der Waals surface area contributed by atoms with Crippen molar-refractivity contribution in [3.63, 3.8) is 0 Å². The highest BCUT2D eigenvalue weighted by molar-refractivity contribution is 4.93. The number of rotatable bonds is 4. The molecule has 0 spiro atoms. The molecule has 90 valence electrons. The van der Waals surface area contributed by atoms with Crippen LogP contribution in [0.15, 0.2) is 0 Å². The summed E-state index contributed by atoms with van der Waals surface area (Å²) in [6, 6.07) is 1.52. The molecule has 1 rings (SSSR count). The van der Waals surface area contributed by atoms with Crippen LogP contribution < -0.4 is 5.32 Å². The lowest BCUT2D eigenvalue weighted by atomic mass is 9.68. The van der Waals surface area contributed by atoms with E-state index in [1.165, 1.54) is 25.7 Å². The molecule has 0 aromatic rings. The Kier molecular flexibility index (Phi) is 5.11. The van der Waals surface area contributed by atoms with E-state index in [1.54, 1.807) is 0 Å². The number of piperidine rings is 1. The zero-order valence-electron chi connectivity index (χ0n) is 11.2. The Morgan fingerprint density at radius 1 is 0.733 bits per heavy atom. The van der Waals surface area contributed by atoms with E-state index in [-0.39, 0.29) is 0 Å². The molecule has 1 saturated heterocycles. The Balaban J connectivity index is 2.76. The Morgan fingerprint density at radius 2 is 1.13 bits per heavy atom. The van der Waals surface area contributed by atoms with Crippen LogP contribution >= 0.6 is 0 Å². The third-order valence-electron chi connectivity index (χ3n) is 4.63. The topological polar surface area (TPSA) is 12.0 Å². The van der Waals surface area contributed by atoms with E-state index in [9.17, 15) is 0 Å². The molecule has 0 bridgehead atoms. The van der Waals surface area contributed by atoms with E-state index in [1.807, 2.05) is 0 Å². The van der Waals surface area contributed by atoms with Crippen LogP contribution in [-0.2, 0) is 0 Å². The van der Waals surface area contributed by atoms with Gasteiger partial charge in [-0.1, -0.05) is 47.5 Å². The van der Waals surface area contributed by atoms with Crippen molar-refractivity contribution in [2.24, 2.45) is 17.8 Å². The molecule has 1 aliphatic heterocycles. The molecule has 1 N–H and O–H groups in total. The first-order chi connectivity index (χ1) is 7.19. The van der Waals surface area contributed by atoms with Crippen molar-refractivity contribution < 1.29 is 0 Å². The Morgan fingerprint density at radius 3 is 1.40 bits per heavy atom. The lowest BCUT2D eigenvalue weighted by Crippen LogP contribution is -2.55. The normalized spacial score (nSPS) is 41.8. The van der Waals surface area contributed by atoms with Crippen molar-refractivity contribution in [1.29, 1.82) is 0 Å². The first kappa shape index (κ1) is 13.0. The molecule has 4 unspecified atom stereocenters. The van der Waals surface area contributed by atoms with Gasteiger partial charge in [-0.05, 0) is 30.6 Å². The summed E-state index contributed by atoms with van der Waals surface area (Å²) in [5.41, 5.74) is 0. The van der Waals surface area contributed by atoms with Gasteiger partial charge in [-0.3, -0.25) is 0 Å². The first-order valence-corrected chi connectivity index (χ1v) is 6.95. The molecule has 1 heteroatoms. The second-order valence-corrected chi connectivity index (χ2v) is 5.20. The van der Waals surface area contributed by atoms with Crippen molar-refractivity contribution >= 4 is 0 Å². The molecular weight excluding hydrogens is 182 g/mol.